The third-order valence-corrected chi connectivity index (χ3v) is 4.43. The zero-order valence-corrected chi connectivity index (χ0v) is 14.7. The number of hydrogen-bond donors (Lipinski definition) is 3. The van der Waals surface area contributed by atoms with Crippen LogP contribution in [0.15, 0.2) is 30.3 Å². The van der Waals surface area contributed by atoms with Gasteiger partial charge in [-0.25, -0.2) is 0 Å². The molecule has 2 unspecified atom stereocenters. The lowest BCUT2D eigenvalue weighted by molar-refractivity contribution is 0.135. The van der Waals surface area contributed by atoms with Crippen LogP contribution in [-0.2, 0) is 6.54 Å². The Morgan fingerprint density at radius 2 is 1.70 bits per heavy atom. The van der Waals surface area contributed by atoms with E-state index in [0.717, 1.165) is 12.1 Å². The Morgan fingerprint density at radius 3 is 2.22 bits per heavy atom. The van der Waals surface area contributed by atoms with Crippen LogP contribution < -0.4 is 5.32 Å². The fourth-order valence-electron chi connectivity index (χ4n) is 3.16. The lowest BCUT2D eigenvalue weighted by Crippen LogP contribution is -2.31. The molecule has 1 heterocycles. The fraction of sp³-hybridized carbons (Fsp3) is 0.474. The first-order chi connectivity index (χ1) is 10.8. The normalized spacial score (nSPS) is 14.2. The van der Waals surface area contributed by atoms with Crippen LogP contribution in [0.4, 0.5) is 0 Å². The summed E-state index contributed by atoms with van der Waals surface area (Å²) in [6, 6.07) is 9.28. The molecule has 23 heavy (non-hydrogen) atoms. The molecular formula is C19H28N2O2. The van der Waals surface area contributed by atoms with Crippen molar-refractivity contribution in [3.05, 3.63) is 52.8 Å². The van der Waals surface area contributed by atoms with Gasteiger partial charge in [-0.15, -0.1) is 0 Å². The molecule has 0 saturated heterocycles. The number of aromatic hydroxyl groups is 1. The minimum absolute atomic E-state index is 0.0818. The molecule has 2 rings (SSSR count). The summed E-state index contributed by atoms with van der Waals surface area (Å²) in [5.74, 6) is 0.211. The van der Waals surface area contributed by atoms with E-state index < -0.39 is 6.10 Å². The second kappa shape index (κ2) is 7.20. The van der Waals surface area contributed by atoms with E-state index in [0.29, 0.717) is 6.04 Å². The molecule has 0 spiro atoms. The molecule has 0 aliphatic carbocycles. The third kappa shape index (κ3) is 3.95. The molecule has 3 N–H and O–H groups in total. The Kier molecular flexibility index (Phi) is 5.50. The summed E-state index contributed by atoms with van der Waals surface area (Å²) >= 11 is 0. The van der Waals surface area contributed by atoms with Gasteiger partial charge < -0.3 is 20.1 Å². The zero-order chi connectivity index (χ0) is 17.1. The number of rotatable bonds is 6. The molecule has 1 aromatic heterocycles. The third-order valence-electron chi connectivity index (χ3n) is 4.43. The molecule has 0 aliphatic rings. The number of aliphatic hydroxyl groups is 1. The summed E-state index contributed by atoms with van der Waals surface area (Å²) in [6.45, 7) is 11.3. The van der Waals surface area contributed by atoms with Gasteiger partial charge in [-0.3, -0.25) is 0 Å². The van der Waals surface area contributed by atoms with Gasteiger partial charge in [0.25, 0.3) is 0 Å². The molecule has 2 aromatic rings. The van der Waals surface area contributed by atoms with E-state index in [4.69, 9.17) is 0 Å². The average molecular weight is 316 g/mol. The minimum atomic E-state index is -0.607. The standard InChI is InChI=1S/C19H28N2O2/c1-12(2)21-13(3)10-17(15(21)5)11-20-14(4)19(23)16-6-8-18(22)9-7-16/h6-10,12,14,19-20,22-23H,11H2,1-5H3. The fourth-order valence-corrected chi connectivity index (χ4v) is 3.16. The van der Waals surface area contributed by atoms with E-state index in [9.17, 15) is 10.2 Å². The van der Waals surface area contributed by atoms with Crippen molar-refractivity contribution in [2.24, 2.45) is 0 Å². The Labute approximate surface area is 138 Å². The molecule has 2 atom stereocenters. The Balaban J connectivity index is 2.03. The van der Waals surface area contributed by atoms with Crippen LogP contribution in [0.2, 0.25) is 0 Å². The molecule has 0 fully saturated rings. The molecule has 126 valence electrons. The summed E-state index contributed by atoms with van der Waals surface area (Å²) in [5, 5.41) is 23.2. The second-order valence-electron chi connectivity index (χ2n) is 6.57. The van der Waals surface area contributed by atoms with Crippen molar-refractivity contribution in [2.45, 2.75) is 59.4 Å². The topological polar surface area (TPSA) is 57.4 Å². The van der Waals surface area contributed by atoms with E-state index in [2.05, 4.69) is 43.6 Å². The predicted octanol–water partition coefficient (Wildman–Crippen LogP) is 3.60. The van der Waals surface area contributed by atoms with Crippen LogP contribution in [0.3, 0.4) is 0 Å². The smallest absolute Gasteiger partial charge is 0.115 e. The van der Waals surface area contributed by atoms with Gasteiger partial charge in [-0.2, -0.15) is 0 Å². The number of benzene rings is 1. The number of aliphatic hydroxyl groups excluding tert-OH is 1. The van der Waals surface area contributed by atoms with E-state index in [-0.39, 0.29) is 11.8 Å². The SMILES string of the molecule is Cc1cc(CNC(C)C(O)c2ccc(O)cc2)c(C)n1C(C)C. The first kappa shape index (κ1) is 17.6. The monoisotopic (exact) mass is 316 g/mol. The quantitative estimate of drug-likeness (QED) is 0.763. The van der Waals surface area contributed by atoms with Gasteiger partial charge in [0.2, 0.25) is 0 Å². The van der Waals surface area contributed by atoms with Crippen molar-refractivity contribution in [3.8, 4) is 5.75 Å². The Morgan fingerprint density at radius 1 is 1.09 bits per heavy atom. The van der Waals surface area contributed by atoms with Gasteiger partial charge in [0.1, 0.15) is 5.75 Å². The molecule has 0 radical (unpaired) electrons. The van der Waals surface area contributed by atoms with Crippen LogP contribution in [0.25, 0.3) is 0 Å². The number of nitrogens with zero attached hydrogens (tertiary/aromatic N) is 1. The number of hydrogen-bond acceptors (Lipinski definition) is 3. The summed E-state index contributed by atoms with van der Waals surface area (Å²) < 4.78 is 2.33. The highest BCUT2D eigenvalue weighted by Gasteiger charge is 2.17. The van der Waals surface area contributed by atoms with Gasteiger partial charge in [0.05, 0.1) is 6.10 Å². The molecule has 1 aromatic carbocycles. The largest absolute Gasteiger partial charge is 0.508 e. The highest BCUT2D eigenvalue weighted by Crippen LogP contribution is 2.22. The summed E-state index contributed by atoms with van der Waals surface area (Å²) in [4.78, 5) is 0. The van der Waals surface area contributed by atoms with Gasteiger partial charge in [0.15, 0.2) is 0 Å². The molecule has 4 heteroatoms. The lowest BCUT2D eigenvalue weighted by atomic mass is 10.0. The molecule has 0 saturated carbocycles. The van der Waals surface area contributed by atoms with E-state index in [1.165, 1.54) is 17.0 Å². The Hall–Kier alpha value is -1.78. The number of phenols is 1. The van der Waals surface area contributed by atoms with Crippen molar-refractivity contribution in [3.63, 3.8) is 0 Å². The van der Waals surface area contributed by atoms with E-state index in [1.54, 1.807) is 24.3 Å². The number of aromatic nitrogens is 1. The molecule has 0 bridgehead atoms. The van der Waals surface area contributed by atoms with Crippen LogP contribution in [0.5, 0.6) is 5.75 Å². The van der Waals surface area contributed by atoms with E-state index >= 15 is 0 Å². The van der Waals surface area contributed by atoms with Crippen LogP contribution in [-0.4, -0.2) is 20.8 Å². The average Bonchev–Trinajstić information content (AvgIpc) is 2.79. The Bertz CT molecular complexity index is 644. The minimum Gasteiger partial charge on any atom is -0.508 e. The zero-order valence-electron chi connectivity index (χ0n) is 14.7. The van der Waals surface area contributed by atoms with Crippen molar-refractivity contribution < 1.29 is 10.2 Å². The molecule has 0 aliphatic heterocycles. The van der Waals surface area contributed by atoms with Crippen molar-refractivity contribution in [1.29, 1.82) is 0 Å². The number of phenolic OH excluding ortho intramolecular Hbond substituents is 1. The first-order valence-corrected chi connectivity index (χ1v) is 8.19. The van der Waals surface area contributed by atoms with Crippen LogP contribution in [0.1, 0.15) is 55.4 Å². The second-order valence-corrected chi connectivity index (χ2v) is 6.57. The predicted molar refractivity (Wildman–Crippen MR) is 93.7 cm³/mol. The highest BCUT2D eigenvalue weighted by atomic mass is 16.3. The maximum Gasteiger partial charge on any atom is 0.115 e. The summed E-state index contributed by atoms with van der Waals surface area (Å²) in [7, 11) is 0. The summed E-state index contributed by atoms with van der Waals surface area (Å²) in [6.07, 6.45) is -0.607. The van der Waals surface area contributed by atoms with Crippen molar-refractivity contribution in [1.82, 2.24) is 9.88 Å². The highest BCUT2D eigenvalue weighted by molar-refractivity contribution is 5.29. The van der Waals surface area contributed by atoms with Crippen LogP contribution in [0, 0.1) is 13.8 Å². The molecule has 4 nitrogen and oxygen atoms in total. The van der Waals surface area contributed by atoms with E-state index in [1.807, 2.05) is 6.92 Å². The molecular weight excluding hydrogens is 288 g/mol. The number of aryl methyl sites for hydroxylation is 1. The van der Waals surface area contributed by atoms with Crippen molar-refractivity contribution in [2.75, 3.05) is 0 Å². The van der Waals surface area contributed by atoms with Gasteiger partial charge in [-0.05, 0) is 63.9 Å². The van der Waals surface area contributed by atoms with Gasteiger partial charge in [-0.1, -0.05) is 12.1 Å². The maximum atomic E-state index is 10.4. The van der Waals surface area contributed by atoms with Gasteiger partial charge >= 0.3 is 0 Å². The van der Waals surface area contributed by atoms with Crippen LogP contribution >= 0.6 is 0 Å². The lowest BCUT2D eigenvalue weighted by Gasteiger charge is -2.21. The van der Waals surface area contributed by atoms with Gasteiger partial charge in [0, 0.05) is 30.0 Å². The number of nitrogens with one attached hydrogen (secondary N) is 1. The summed E-state index contributed by atoms with van der Waals surface area (Å²) in [5.41, 5.74) is 4.61. The maximum absolute atomic E-state index is 10.4. The van der Waals surface area contributed by atoms with Crippen molar-refractivity contribution >= 4 is 0 Å². The first-order valence-electron chi connectivity index (χ1n) is 8.19. The molecule has 0 amide bonds.